The molecule has 0 radical (unpaired) electrons. The third-order valence-corrected chi connectivity index (χ3v) is 0.853. The average Bonchev–Trinajstić information content (AvgIpc) is 1.67. The zero-order valence-corrected chi connectivity index (χ0v) is 5.05. The number of aliphatic carboxylic acids is 1. The molecule has 46 valence electrons. The van der Waals surface area contributed by atoms with Gasteiger partial charge >= 0.3 is 0 Å². The second-order valence-corrected chi connectivity index (χ2v) is 1.63. The lowest BCUT2D eigenvalue weighted by Crippen LogP contribution is -2.28. The first-order valence-corrected chi connectivity index (χ1v) is 2.52. The smallest absolute Gasteiger partial charge is 0.0480 e. The van der Waals surface area contributed by atoms with Gasteiger partial charge in [0.1, 0.15) is 0 Å². The molecule has 0 amide bonds. The van der Waals surface area contributed by atoms with Crippen LogP contribution >= 0.6 is 0 Å². The minimum atomic E-state index is -1.02. The molecule has 0 rings (SSSR count). The lowest BCUT2D eigenvalue weighted by atomic mass is 10.2. The highest BCUT2D eigenvalue weighted by Crippen LogP contribution is 1.92. The van der Waals surface area contributed by atoms with Crippen LogP contribution in [0.25, 0.3) is 0 Å². The Kier molecular flexibility index (Phi) is 2.92. The molecule has 0 aromatic rings. The van der Waals surface area contributed by atoms with E-state index in [1.807, 2.05) is 0 Å². The van der Waals surface area contributed by atoms with E-state index in [0.717, 1.165) is 0 Å². The Morgan fingerprint density at radius 2 is 2.25 bits per heavy atom. The van der Waals surface area contributed by atoms with Crippen LogP contribution in [0.3, 0.4) is 0 Å². The molecule has 0 aliphatic heterocycles. The third-order valence-electron chi connectivity index (χ3n) is 0.853. The van der Waals surface area contributed by atoms with Crippen LogP contribution in [0.5, 0.6) is 0 Å². The van der Waals surface area contributed by atoms with Gasteiger partial charge in [-0.15, -0.1) is 0 Å². The highest BCUT2D eigenvalue weighted by molar-refractivity contribution is 5.69. The van der Waals surface area contributed by atoms with E-state index in [-0.39, 0.29) is 0 Å². The number of carbonyl (C=O) groups is 1. The second-order valence-electron chi connectivity index (χ2n) is 1.63. The summed E-state index contributed by atoms with van der Waals surface area (Å²) in [5.41, 5.74) is 0. The van der Waals surface area contributed by atoms with Crippen LogP contribution in [0.2, 0.25) is 0 Å². The molecule has 2 nitrogen and oxygen atoms in total. The number of allylic oxidation sites excluding steroid dienone is 1. The standard InChI is InChI=1S/C6H10O2/c1-3-4-5(2)6(7)8/h3-5H,1-2H3,(H,7,8)/p-1. The predicted molar refractivity (Wildman–Crippen MR) is 29.0 cm³/mol. The van der Waals surface area contributed by atoms with Crippen LogP contribution < -0.4 is 5.11 Å². The summed E-state index contributed by atoms with van der Waals surface area (Å²) < 4.78 is 0. The van der Waals surface area contributed by atoms with Crippen molar-refractivity contribution in [3.8, 4) is 0 Å². The lowest BCUT2D eigenvalue weighted by molar-refractivity contribution is -0.309. The minimum absolute atomic E-state index is 0.458. The molecule has 0 aliphatic carbocycles. The molecule has 0 fully saturated rings. The summed E-state index contributed by atoms with van der Waals surface area (Å²) in [5.74, 6) is -1.48. The molecule has 0 saturated heterocycles. The van der Waals surface area contributed by atoms with Gasteiger partial charge in [-0.1, -0.05) is 19.1 Å². The minimum Gasteiger partial charge on any atom is -0.550 e. The summed E-state index contributed by atoms with van der Waals surface area (Å²) in [4.78, 5) is 9.93. The molecule has 0 aromatic heterocycles. The van der Waals surface area contributed by atoms with Crippen LogP contribution in [-0.2, 0) is 4.79 Å². The van der Waals surface area contributed by atoms with Crippen LogP contribution in [0.1, 0.15) is 13.8 Å². The Bertz CT molecular complexity index is 105. The molecular weight excluding hydrogens is 104 g/mol. The van der Waals surface area contributed by atoms with Crippen molar-refractivity contribution in [3.63, 3.8) is 0 Å². The fourth-order valence-corrected chi connectivity index (χ4v) is 0.367. The van der Waals surface area contributed by atoms with Crippen molar-refractivity contribution in [2.45, 2.75) is 13.8 Å². The average molecular weight is 113 g/mol. The molecule has 0 heterocycles. The van der Waals surface area contributed by atoms with Crippen LogP contribution in [0.4, 0.5) is 0 Å². The molecule has 0 bridgehead atoms. The van der Waals surface area contributed by atoms with Gasteiger partial charge in [0.25, 0.3) is 0 Å². The predicted octanol–water partition coefficient (Wildman–Crippen LogP) is -0.0515. The molecule has 0 N–H and O–H groups in total. The monoisotopic (exact) mass is 113 g/mol. The fourth-order valence-electron chi connectivity index (χ4n) is 0.367. The van der Waals surface area contributed by atoms with Gasteiger partial charge < -0.3 is 9.90 Å². The van der Waals surface area contributed by atoms with E-state index in [9.17, 15) is 9.90 Å². The first-order chi connectivity index (χ1) is 3.68. The third kappa shape index (κ3) is 2.39. The van der Waals surface area contributed by atoms with Gasteiger partial charge in [-0.05, 0) is 6.92 Å². The first-order valence-electron chi connectivity index (χ1n) is 2.52. The summed E-state index contributed by atoms with van der Waals surface area (Å²) in [7, 11) is 0. The van der Waals surface area contributed by atoms with Gasteiger partial charge in [0.2, 0.25) is 0 Å². The van der Waals surface area contributed by atoms with E-state index < -0.39 is 11.9 Å². The van der Waals surface area contributed by atoms with E-state index >= 15 is 0 Å². The Labute approximate surface area is 48.8 Å². The van der Waals surface area contributed by atoms with Crippen molar-refractivity contribution in [2.24, 2.45) is 5.92 Å². The Morgan fingerprint density at radius 1 is 1.75 bits per heavy atom. The zero-order chi connectivity index (χ0) is 6.57. The van der Waals surface area contributed by atoms with Crippen molar-refractivity contribution in [2.75, 3.05) is 0 Å². The highest BCUT2D eigenvalue weighted by Gasteiger charge is 1.92. The SMILES string of the molecule is CC=CC(C)C(=O)[O-]. The van der Waals surface area contributed by atoms with Crippen molar-refractivity contribution in [3.05, 3.63) is 12.2 Å². The summed E-state index contributed by atoms with van der Waals surface area (Å²) in [5, 5.41) is 9.93. The van der Waals surface area contributed by atoms with Gasteiger partial charge in [0.05, 0.1) is 0 Å². The summed E-state index contributed by atoms with van der Waals surface area (Å²) >= 11 is 0. The van der Waals surface area contributed by atoms with E-state index in [2.05, 4.69) is 0 Å². The van der Waals surface area contributed by atoms with Gasteiger partial charge in [0.15, 0.2) is 0 Å². The molecule has 8 heavy (non-hydrogen) atoms. The molecule has 0 aromatic carbocycles. The highest BCUT2D eigenvalue weighted by atomic mass is 16.4. The Balaban J connectivity index is 3.64. The Hall–Kier alpha value is -0.790. The van der Waals surface area contributed by atoms with E-state index in [1.165, 1.54) is 0 Å². The molecule has 0 spiro atoms. The maximum absolute atomic E-state index is 9.93. The number of carboxylic acids is 1. The molecule has 1 unspecified atom stereocenters. The Morgan fingerprint density at radius 3 is 2.38 bits per heavy atom. The first kappa shape index (κ1) is 7.21. The van der Waals surface area contributed by atoms with Crippen LogP contribution in [0, 0.1) is 5.92 Å². The lowest BCUT2D eigenvalue weighted by Gasteiger charge is -2.04. The second kappa shape index (κ2) is 3.24. The van der Waals surface area contributed by atoms with Crippen molar-refractivity contribution < 1.29 is 9.90 Å². The quantitative estimate of drug-likeness (QED) is 0.471. The van der Waals surface area contributed by atoms with Crippen LogP contribution in [-0.4, -0.2) is 5.97 Å². The molecule has 1 atom stereocenters. The van der Waals surface area contributed by atoms with Crippen molar-refractivity contribution in [1.29, 1.82) is 0 Å². The van der Waals surface area contributed by atoms with E-state index in [0.29, 0.717) is 0 Å². The summed E-state index contributed by atoms with van der Waals surface area (Å²) in [6.45, 7) is 3.36. The fraction of sp³-hybridized carbons (Fsp3) is 0.500. The zero-order valence-electron chi connectivity index (χ0n) is 5.05. The summed E-state index contributed by atoms with van der Waals surface area (Å²) in [6, 6.07) is 0. The normalized spacial score (nSPS) is 14.2. The van der Waals surface area contributed by atoms with Crippen molar-refractivity contribution in [1.82, 2.24) is 0 Å². The molecule has 0 saturated carbocycles. The maximum atomic E-state index is 9.93. The van der Waals surface area contributed by atoms with Gasteiger partial charge in [-0.2, -0.15) is 0 Å². The number of hydrogen-bond acceptors (Lipinski definition) is 2. The molecular formula is C6H9O2-. The van der Waals surface area contributed by atoms with Crippen LogP contribution in [0.15, 0.2) is 12.2 Å². The largest absolute Gasteiger partial charge is 0.550 e. The van der Waals surface area contributed by atoms with Gasteiger partial charge in [-0.25, -0.2) is 0 Å². The molecule has 2 heteroatoms. The summed E-state index contributed by atoms with van der Waals surface area (Å²) in [6.07, 6.45) is 3.27. The number of carboxylic acid groups (broad SMARTS) is 1. The van der Waals surface area contributed by atoms with E-state index in [1.54, 1.807) is 26.0 Å². The number of hydrogen-bond donors (Lipinski definition) is 0. The number of carbonyl (C=O) groups excluding carboxylic acids is 1. The van der Waals surface area contributed by atoms with Crippen molar-refractivity contribution >= 4 is 5.97 Å². The molecule has 0 aliphatic rings. The maximum Gasteiger partial charge on any atom is 0.0480 e. The number of rotatable bonds is 2. The topological polar surface area (TPSA) is 40.1 Å². The van der Waals surface area contributed by atoms with Gasteiger partial charge in [-0.3, -0.25) is 0 Å². The van der Waals surface area contributed by atoms with Gasteiger partial charge in [0, 0.05) is 11.9 Å². The van der Waals surface area contributed by atoms with E-state index in [4.69, 9.17) is 0 Å².